The van der Waals surface area contributed by atoms with E-state index in [0.717, 1.165) is 54.0 Å². The van der Waals surface area contributed by atoms with Gasteiger partial charge in [0.1, 0.15) is 0 Å². The van der Waals surface area contributed by atoms with Crippen LogP contribution in [-0.4, -0.2) is 23.2 Å². The van der Waals surface area contributed by atoms with E-state index in [9.17, 15) is 5.11 Å². The van der Waals surface area contributed by atoms with Gasteiger partial charge >= 0.3 is 0 Å². The second-order valence-corrected chi connectivity index (χ2v) is 7.30. The van der Waals surface area contributed by atoms with Crippen LogP contribution < -0.4 is 4.90 Å². The molecule has 0 spiro atoms. The number of nitrogens with zero attached hydrogens (tertiary/aromatic N) is 2. The van der Waals surface area contributed by atoms with Gasteiger partial charge in [-0.05, 0) is 44.4 Å². The van der Waals surface area contributed by atoms with Crippen LogP contribution in [0.2, 0.25) is 0 Å². The molecular weight excluding hydrogens is 268 g/mol. The Morgan fingerprint density at radius 3 is 2.95 bits per heavy atom. The normalized spacial score (nSPS) is 27.2. The van der Waals surface area contributed by atoms with E-state index in [1.807, 2.05) is 0 Å². The second-order valence-electron chi connectivity index (χ2n) is 6.29. The molecule has 1 saturated heterocycles. The van der Waals surface area contributed by atoms with Crippen LogP contribution in [-0.2, 0) is 6.42 Å². The molecule has 1 aromatic heterocycles. The number of aryl methyl sites for hydroxylation is 1. The van der Waals surface area contributed by atoms with E-state index in [0.29, 0.717) is 0 Å². The molecule has 0 radical (unpaired) electrons. The van der Waals surface area contributed by atoms with Gasteiger partial charge in [-0.3, -0.25) is 0 Å². The fourth-order valence-electron chi connectivity index (χ4n) is 3.57. The van der Waals surface area contributed by atoms with E-state index in [1.54, 1.807) is 11.3 Å². The molecule has 20 heavy (non-hydrogen) atoms. The molecule has 1 fully saturated rings. The minimum absolute atomic E-state index is 0.259. The lowest BCUT2D eigenvalue weighted by Crippen LogP contribution is -2.24. The summed E-state index contributed by atoms with van der Waals surface area (Å²) in [6, 6.07) is 0. The van der Waals surface area contributed by atoms with E-state index >= 15 is 0 Å². The van der Waals surface area contributed by atoms with Crippen LogP contribution in [0.25, 0.3) is 0 Å². The number of hydrogen-bond donors (Lipinski definition) is 1. The Labute approximate surface area is 126 Å². The third-order valence-corrected chi connectivity index (χ3v) is 5.98. The van der Waals surface area contributed by atoms with Gasteiger partial charge in [0, 0.05) is 13.1 Å². The van der Waals surface area contributed by atoms with Gasteiger partial charge in [-0.1, -0.05) is 31.1 Å². The van der Waals surface area contributed by atoms with Gasteiger partial charge in [0.05, 0.1) is 16.7 Å². The lowest BCUT2D eigenvalue weighted by atomic mass is 9.96. The van der Waals surface area contributed by atoms with E-state index < -0.39 is 0 Å². The summed E-state index contributed by atoms with van der Waals surface area (Å²) in [5, 5.41) is 11.3. The molecule has 1 aliphatic heterocycles. The van der Waals surface area contributed by atoms with Crippen molar-refractivity contribution in [1.29, 1.82) is 0 Å². The first kappa shape index (κ1) is 14.3. The molecule has 1 N–H and O–H groups in total. The molecule has 3 nitrogen and oxygen atoms in total. The summed E-state index contributed by atoms with van der Waals surface area (Å²) < 4.78 is 0. The Morgan fingerprint density at radius 1 is 1.25 bits per heavy atom. The number of hydrogen-bond acceptors (Lipinski definition) is 4. The largest absolute Gasteiger partial charge is 0.388 e. The predicted octanol–water partition coefficient (Wildman–Crippen LogP) is 3.92. The maximum absolute atomic E-state index is 10.1. The molecule has 0 bridgehead atoms. The van der Waals surface area contributed by atoms with Gasteiger partial charge in [-0.25, -0.2) is 4.98 Å². The van der Waals surface area contributed by atoms with E-state index in [1.165, 1.54) is 32.1 Å². The summed E-state index contributed by atoms with van der Waals surface area (Å²) >= 11 is 1.74. The van der Waals surface area contributed by atoms with Crippen LogP contribution in [0, 0.1) is 5.92 Å². The van der Waals surface area contributed by atoms with Crippen molar-refractivity contribution in [1.82, 2.24) is 4.98 Å². The van der Waals surface area contributed by atoms with Crippen molar-refractivity contribution in [3.63, 3.8) is 0 Å². The third kappa shape index (κ3) is 3.01. The van der Waals surface area contributed by atoms with Crippen LogP contribution in [0.5, 0.6) is 0 Å². The number of aliphatic hydroxyl groups excluding tert-OH is 1. The zero-order valence-electron chi connectivity index (χ0n) is 12.5. The lowest BCUT2D eigenvalue weighted by Gasteiger charge is -2.19. The molecule has 2 aliphatic rings. The number of anilines is 1. The Bertz CT molecular complexity index is 446. The summed E-state index contributed by atoms with van der Waals surface area (Å²) in [4.78, 5) is 8.43. The summed E-state index contributed by atoms with van der Waals surface area (Å²) in [5.41, 5.74) is 1.16. The lowest BCUT2D eigenvalue weighted by molar-refractivity contribution is 0.160. The first-order chi connectivity index (χ1) is 9.78. The minimum atomic E-state index is -0.259. The number of aliphatic hydroxyl groups is 1. The number of thiazole rings is 1. The third-order valence-electron chi connectivity index (χ3n) is 4.73. The maximum Gasteiger partial charge on any atom is 0.185 e. The molecule has 0 saturated carbocycles. The Hall–Kier alpha value is -0.610. The zero-order chi connectivity index (χ0) is 13.9. The summed E-state index contributed by atoms with van der Waals surface area (Å²) in [6.07, 6.45) is 9.43. The Balaban J connectivity index is 1.70. The van der Waals surface area contributed by atoms with Gasteiger partial charge in [0.15, 0.2) is 5.13 Å². The van der Waals surface area contributed by atoms with E-state index in [-0.39, 0.29) is 6.10 Å². The Morgan fingerprint density at radius 2 is 2.15 bits per heavy atom. The maximum atomic E-state index is 10.1. The average molecular weight is 294 g/mol. The average Bonchev–Trinajstić information content (AvgIpc) is 2.74. The summed E-state index contributed by atoms with van der Waals surface area (Å²) in [5.74, 6) is 0.908. The minimum Gasteiger partial charge on any atom is -0.388 e. The van der Waals surface area contributed by atoms with Crippen LogP contribution in [0.3, 0.4) is 0 Å². The van der Waals surface area contributed by atoms with Crippen molar-refractivity contribution in [3.8, 4) is 0 Å². The summed E-state index contributed by atoms with van der Waals surface area (Å²) in [7, 11) is 0. The van der Waals surface area contributed by atoms with Gasteiger partial charge in [0.2, 0.25) is 0 Å². The predicted molar refractivity (Wildman–Crippen MR) is 84.5 cm³/mol. The molecule has 2 unspecified atom stereocenters. The smallest absolute Gasteiger partial charge is 0.185 e. The summed E-state index contributed by atoms with van der Waals surface area (Å²) in [6.45, 7) is 4.58. The van der Waals surface area contributed by atoms with Crippen molar-refractivity contribution in [2.45, 2.75) is 64.4 Å². The van der Waals surface area contributed by atoms with Crippen LogP contribution in [0.1, 0.15) is 68.5 Å². The molecule has 0 amide bonds. The highest BCUT2D eigenvalue weighted by molar-refractivity contribution is 7.15. The molecule has 4 heteroatoms. The molecule has 1 aliphatic carbocycles. The molecule has 2 atom stereocenters. The van der Waals surface area contributed by atoms with Crippen LogP contribution in [0.15, 0.2) is 0 Å². The van der Waals surface area contributed by atoms with Gasteiger partial charge < -0.3 is 10.0 Å². The number of rotatable bonds is 3. The number of aromatic nitrogens is 1. The van der Waals surface area contributed by atoms with Crippen molar-refractivity contribution < 1.29 is 5.11 Å². The molecule has 2 heterocycles. The van der Waals surface area contributed by atoms with Gasteiger partial charge in [-0.2, -0.15) is 0 Å². The van der Waals surface area contributed by atoms with E-state index in [4.69, 9.17) is 4.98 Å². The van der Waals surface area contributed by atoms with Crippen LogP contribution in [0.4, 0.5) is 5.13 Å². The first-order valence-electron chi connectivity index (χ1n) is 8.20. The zero-order valence-corrected chi connectivity index (χ0v) is 13.3. The molecular formula is C16H26N2OS. The van der Waals surface area contributed by atoms with Gasteiger partial charge in [0.25, 0.3) is 0 Å². The highest BCUT2D eigenvalue weighted by Crippen LogP contribution is 2.38. The quantitative estimate of drug-likeness (QED) is 0.918. The fraction of sp³-hybridized carbons (Fsp3) is 0.812. The standard InChI is InChI=1S/C16H26N2OS/c1-2-5-12-6-4-10-18(11-9-12)16-17-13-7-3-8-14(19)15(13)20-16/h12,14,19H,2-11H2,1H3. The topological polar surface area (TPSA) is 36.4 Å². The van der Waals surface area contributed by atoms with Crippen molar-refractivity contribution in [2.24, 2.45) is 5.92 Å². The molecule has 112 valence electrons. The molecule has 3 rings (SSSR count). The SMILES string of the molecule is CCCC1CCCN(c2nc3c(s2)C(O)CCC3)CC1. The first-order valence-corrected chi connectivity index (χ1v) is 9.02. The Kier molecular flexibility index (Phi) is 4.61. The molecule has 1 aromatic rings. The van der Waals surface area contributed by atoms with Crippen molar-refractivity contribution in [2.75, 3.05) is 18.0 Å². The fourth-order valence-corrected chi connectivity index (χ4v) is 4.76. The van der Waals surface area contributed by atoms with Crippen molar-refractivity contribution >= 4 is 16.5 Å². The second kappa shape index (κ2) is 6.44. The van der Waals surface area contributed by atoms with Crippen LogP contribution >= 0.6 is 11.3 Å². The highest BCUT2D eigenvalue weighted by atomic mass is 32.1. The number of fused-ring (bicyclic) bond motifs is 1. The molecule has 0 aromatic carbocycles. The highest BCUT2D eigenvalue weighted by Gasteiger charge is 2.25. The monoisotopic (exact) mass is 294 g/mol. The van der Waals surface area contributed by atoms with E-state index in [2.05, 4.69) is 11.8 Å². The van der Waals surface area contributed by atoms with Gasteiger partial charge in [-0.15, -0.1) is 0 Å². The van der Waals surface area contributed by atoms with Crippen molar-refractivity contribution in [3.05, 3.63) is 10.6 Å².